The van der Waals surface area contributed by atoms with Crippen molar-refractivity contribution in [3.05, 3.63) is 24.0 Å². The van der Waals surface area contributed by atoms with Crippen molar-refractivity contribution in [1.29, 1.82) is 0 Å². The number of halogens is 1. The number of benzene rings is 1. The summed E-state index contributed by atoms with van der Waals surface area (Å²) >= 11 is 0. The van der Waals surface area contributed by atoms with Crippen LogP contribution in [0, 0.1) is 5.82 Å². The van der Waals surface area contributed by atoms with Crippen LogP contribution in [0.1, 0.15) is 0 Å². The first-order valence-electron chi connectivity index (χ1n) is 4.49. The third-order valence-electron chi connectivity index (χ3n) is 2.09. The summed E-state index contributed by atoms with van der Waals surface area (Å²) < 4.78 is 60.2. The molecule has 0 spiro atoms. The molecule has 0 atom stereocenters. The summed E-state index contributed by atoms with van der Waals surface area (Å²) in [5.74, 6) is -0.980. The Bertz CT molecular complexity index is 635. The second kappa shape index (κ2) is 4.35. The van der Waals surface area contributed by atoms with Crippen LogP contribution in [-0.2, 0) is 19.9 Å². The molecule has 0 aromatic heterocycles. The van der Waals surface area contributed by atoms with Crippen molar-refractivity contribution < 1.29 is 21.2 Å². The number of sulfonamides is 1. The normalized spacial score (nSPS) is 13.0. The predicted octanol–water partition coefficient (Wildman–Crippen LogP) is 0.480. The van der Waals surface area contributed by atoms with Gasteiger partial charge in [-0.1, -0.05) is 0 Å². The minimum Gasteiger partial charge on any atom is -0.224 e. The fraction of sp³-hybridized carbons (Fsp3) is 0.333. The van der Waals surface area contributed by atoms with Crippen LogP contribution in [0.4, 0.5) is 4.39 Å². The number of sulfone groups is 1. The van der Waals surface area contributed by atoms with Crippen LogP contribution in [0.15, 0.2) is 28.0 Å². The first-order valence-corrected chi connectivity index (χ1v) is 7.82. The summed E-state index contributed by atoms with van der Waals surface area (Å²) in [5.41, 5.74) is 0. The molecule has 0 radical (unpaired) electrons. The zero-order chi connectivity index (χ0) is 13.4. The molecule has 1 aromatic rings. The quantitative estimate of drug-likeness (QED) is 0.755. The zero-order valence-corrected chi connectivity index (χ0v) is 11.1. The average molecular weight is 281 g/mol. The maximum Gasteiger partial charge on any atom is 0.245 e. The number of rotatable bonds is 3. The van der Waals surface area contributed by atoms with E-state index in [1.54, 1.807) is 0 Å². The Morgan fingerprint density at radius 3 is 2.06 bits per heavy atom. The molecule has 0 fully saturated rings. The molecule has 96 valence electrons. The van der Waals surface area contributed by atoms with Gasteiger partial charge < -0.3 is 0 Å². The fourth-order valence-electron chi connectivity index (χ4n) is 1.11. The van der Waals surface area contributed by atoms with Crippen LogP contribution >= 0.6 is 0 Å². The van der Waals surface area contributed by atoms with E-state index in [9.17, 15) is 21.2 Å². The Morgan fingerprint density at radius 2 is 1.65 bits per heavy atom. The van der Waals surface area contributed by atoms with Gasteiger partial charge in [0.2, 0.25) is 10.0 Å². The smallest absolute Gasteiger partial charge is 0.224 e. The van der Waals surface area contributed by atoms with Gasteiger partial charge in [0, 0.05) is 20.4 Å². The van der Waals surface area contributed by atoms with E-state index >= 15 is 0 Å². The van der Waals surface area contributed by atoms with Gasteiger partial charge in [-0.2, -0.15) is 0 Å². The second-order valence-corrected chi connectivity index (χ2v) is 7.79. The highest BCUT2D eigenvalue weighted by Crippen LogP contribution is 2.21. The largest absolute Gasteiger partial charge is 0.245 e. The van der Waals surface area contributed by atoms with Crippen LogP contribution in [0.3, 0.4) is 0 Å². The van der Waals surface area contributed by atoms with E-state index in [4.69, 9.17) is 0 Å². The van der Waals surface area contributed by atoms with Crippen molar-refractivity contribution in [2.24, 2.45) is 0 Å². The molecule has 17 heavy (non-hydrogen) atoms. The molecule has 0 aliphatic heterocycles. The van der Waals surface area contributed by atoms with Crippen molar-refractivity contribution in [2.45, 2.75) is 9.79 Å². The molecule has 0 aliphatic carbocycles. The molecule has 0 amide bonds. The predicted molar refractivity (Wildman–Crippen MR) is 60.4 cm³/mol. The van der Waals surface area contributed by atoms with Crippen molar-refractivity contribution in [3.8, 4) is 0 Å². The summed E-state index contributed by atoms with van der Waals surface area (Å²) in [6.45, 7) is 0. The summed E-state index contributed by atoms with van der Waals surface area (Å²) in [5, 5.41) is 0. The highest BCUT2D eigenvalue weighted by Gasteiger charge is 2.23. The molecule has 1 rings (SSSR count). The van der Waals surface area contributed by atoms with Crippen molar-refractivity contribution in [1.82, 2.24) is 4.31 Å². The van der Waals surface area contributed by atoms with Gasteiger partial charge in [0.15, 0.2) is 9.84 Å². The van der Waals surface area contributed by atoms with Crippen molar-refractivity contribution >= 4 is 19.9 Å². The fourth-order valence-corrected chi connectivity index (χ4v) is 2.81. The van der Waals surface area contributed by atoms with Crippen LogP contribution in [0.25, 0.3) is 0 Å². The third kappa shape index (κ3) is 2.82. The molecule has 1 aromatic carbocycles. The molecule has 0 N–H and O–H groups in total. The monoisotopic (exact) mass is 281 g/mol. The summed E-state index contributed by atoms with van der Waals surface area (Å²) in [7, 11) is -5.10. The lowest BCUT2D eigenvalue weighted by Gasteiger charge is -2.12. The Labute approximate surface area is 99.8 Å². The summed E-state index contributed by atoms with van der Waals surface area (Å²) in [4.78, 5) is -0.884. The minimum atomic E-state index is -4.00. The summed E-state index contributed by atoms with van der Waals surface area (Å²) in [6.07, 6.45) is 0.923. The van der Waals surface area contributed by atoms with E-state index in [0.717, 1.165) is 28.8 Å². The maximum atomic E-state index is 13.4. The second-order valence-electron chi connectivity index (χ2n) is 3.65. The van der Waals surface area contributed by atoms with Crippen molar-refractivity contribution in [3.63, 3.8) is 0 Å². The highest BCUT2D eigenvalue weighted by molar-refractivity contribution is 7.91. The molecule has 0 heterocycles. The van der Waals surface area contributed by atoms with Gasteiger partial charge in [0.25, 0.3) is 0 Å². The topological polar surface area (TPSA) is 71.5 Å². The molecule has 8 heteroatoms. The van der Waals surface area contributed by atoms with Gasteiger partial charge in [0.05, 0.1) is 4.90 Å². The lowest BCUT2D eigenvalue weighted by atomic mass is 10.3. The molecule has 0 unspecified atom stereocenters. The van der Waals surface area contributed by atoms with Gasteiger partial charge in [-0.15, -0.1) is 0 Å². The minimum absolute atomic E-state index is 0.237. The number of nitrogens with zero attached hydrogens (tertiary/aromatic N) is 1. The van der Waals surface area contributed by atoms with E-state index in [0.29, 0.717) is 0 Å². The van der Waals surface area contributed by atoms with E-state index in [2.05, 4.69) is 0 Å². The number of hydrogen-bond donors (Lipinski definition) is 0. The van der Waals surface area contributed by atoms with E-state index in [1.165, 1.54) is 14.1 Å². The molecule has 5 nitrogen and oxygen atoms in total. The molecule has 0 bridgehead atoms. The van der Waals surface area contributed by atoms with Crippen LogP contribution in [-0.4, -0.2) is 41.5 Å². The summed E-state index contributed by atoms with van der Waals surface area (Å²) in [6, 6.07) is 2.67. The van der Waals surface area contributed by atoms with Gasteiger partial charge >= 0.3 is 0 Å². The van der Waals surface area contributed by atoms with Gasteiger partial charge in [-0.25, -0.2) is 25.5 Å². The van der Waals surface area contributed by atoms with E-state index in [-0.39, 0.29) is 4.90 Å². The Morgan fingerprint density at radius 1 is 1.12 bits per heavy atom. The molecule has 0 aliphatic rings. The highest BCUT2D eigenvalue weighted by atomic mass is 32.2. The number of hydrogen-bond acceptors (Lipinski definition) is 4. The first-order chi connectivity index (χ1) is 7.56. The van der Waals surface area contributed by atoms with Crippen LogP contribution in [0.2, 0.25) is 0 Å². The van der Waals surface area contributed by atoms with Crippen LogP contribution < -0.4 is 0 Å². The lowest BCUT2D eigenvalue weighted by molar-refractivity contribution is 0.507. The maximum absolute atomic E-state index is 13.4. The Hall–Kier alpha value is -0.990. The van der Waals surface area contributed by atoms with Crippen LogP contribution in [0.5, 0.6) is 0 Å². The van der Waals surface area contributed by atoms with Gasteiger partial charge in [-0.3, -0.25) is 0 Å². The Kier molecular flexibility index (Phi) is 3.60. The average Bonchev–Trinajstić information content (AvgIpc) is 2.15. The van der Waals surface area contributed by atoms with E-state index in [1.807, 2.05) is 0 Å². The molecule has 0 saturated carbocycles. The molecular formula is C9H12FNO4S2. The SMILES string of the molecule is CN(C)S(=O)(=O)c1cc(S(C)(=O)=O)ccc1F. The molecule has 0 saturated heterocycles. The molecular weight excluding hydrogens is 269 g/mol. The van der Waals surface area contributed by atoms with Gasteiger partial charge in [-0.05, 0) is 18.2 Å². The third-order valence-corrected chi connectivity index (χ3v) is 5.03. The van der Waals surface area contributed by atoms with Crippen molar-refractivity contribution in [2.75, 3.05) is 20.4 Å². The van der Waals surface area contributed by atoms with Gasteiger partial charge in [0.1, 0.15) is 10.7 Å². The lowest BCUT2D eigenvalue weighted by Crippen LogP contribution is -2.23. The zero-order valence-electron chi connectivity index (χ0n) is 9.51. The standard InChI is InChI=1S/C9H12FNO4S2/c1-11(2)17(14,15)9-6-7(16(3,12)13)4-5-8(9)10/h4-6H,1-3H3. The van der Waals surface area contributed by atoms with E-state index < -0.39 is 30.6 Å². The first kappa shape index (κ1) is 14.1. The Balaban J connectivity index is 3.57.